The minimum atomic E-state index is -0.519. The molecule has 0 fully saturated rings. The van der Waals surface area contributed by atoms with Crippen molar-refractivity contribution in [2.24, 2.45) is 0 Å². The van der Waals surface area contributed by atoms with Crippen LogP contribution in [0.1, 0.15) is 34.6 Å². The Bertz CT molecular complexity index is 197. The molecule has 0 atom stereocenters. The zero-order chi connectivity index (χ0) is 11.4. The van der Waals surface area contributed by atoms with Gasteiger partial charge in [0.2, 0.25) is 5.91 Å². The maximum Gasteiger partial charge on any atom is 0.236 e. The molecule has 0 rings (SSSR count). The third kappa shape index (κ3) is 5.60. The van der Waals surface area contributed by atoms with Crippen molar-refractivity contribution >= 4 is 21.8 Å². The molecule has 0 saturated heterocycles. The van der Waals surface area contributed by atoms with Gasteiger partial charge >= 0.3 is 0 Å². The first kappa shape index (κ1) is 13.9. The Morgan fingerprint density at radius 1 is 1.36 bits per heavy atom. The highest BCUT2D eigenvalue weighted by Gasteiger charge is 2.26. The van der Waals surface area contributed by atoms with Gasteiger partial charge in [-0.3, -0.25) is 4.79 Å². The van der Waals surface area contributed by atoms with Crippen LogP contribution in [0.5, 0.6) is 0 Å². The molecule has 1 amide bonds. The van der Waals surface area contributed by atoms with Crippen LogP contribution in [0, 0.1) is 0 Å². The first-order valence-electron chi connectivity index (χ1n) is 4.80. The molecule has 0 aromatic carbocycles. The fraction of sp³-hybridized carbons (Fsp3) is 0.900. The van der Waals surface area contributed by atoms with E-state index in [-0.39, 0.29) is 11.5 Å². The van der Waals surface area contributed by atoms with E-state index in [2.05, 4.69) is 21.2 Å². The van der Waals surface area contributed by atoms with Gasteiger partial charge in [0.25, 0.3) is 0 Å². The third-order valence-corrected chi connectivity index (χ3v) is 2.11. The summed E-state index contributed by atoms with van der Waals surface area (Å²) in [5.41, 5.74) is -0.303. The smallest absolute Gasteiger partial charge is 0.236 e. The predicted octanol–water partition coefficient (Wildman–Crippen LogP) is 2.09. The van der Waals surface area contributed by atoms with E-state index in [0.717, 1.165) is 0 Å². The van der Waals surface area contributed by atoms with E-state index in [0.29, 0.717) is 13.2 Å². The number of carbonyl (C=O) groups excluding carboxylic acids is 1. The van der Waals surface area contributed by atoms with Crippen molar-refractivity contribution in [1.82, 2.24) is 5.32 Å². The molecule has 4 heteroatoms. The fourth-order valence-corrected chi connectivity index (χ4v) is 1.09. The minimum absolute atomic E-state index is 0.0229. The number of alkyl halides is 1. The van der Waals surface area contributed by atoms with E-state index in [4.69, 9.17) is 4.74 Å². The Morgan fingerprint density at radius 2 is 1.86 bits per heavy atom. The molecule has 0 aliphatic heterocycles. The van der Waals surface area contributed by atoms with Crippen LogP contribution in [0.25, 0.3) is 0 Å². The molecule has 0 aromatic heterocycles. The summed E-state index contributed by atoms with van der Waals surface area (Å²) >= 11 is 3.30. The minimum Gasteiger partial charge on any atom is -0.374 e. The van der Waals surface area contributed by atoms with Crippen LogP contribution in [-0.4, -0.2) is 29.0 Å². The molecule has 0 aliphatic rings. The van der Waals surface area contributed by atoms with Crippen LogP contribution in [-0.2, 0) is 9.53 Å². The summed E-state index contributed by atoms with van der Waals surface area (Å²) < 4.78 is 4.94. The Kier molecular flexibility index (Phi) is 5.09. The molecule has 1 N–H and O–H groups in total. The van der Waals surface area contributed by atoms with E-state index in [1.54, 1.807) is 0 Å². The summed E-state index contributed by atoms with van der Waals surface area (Å²) in [6, 6.07) is 0. The van der Waals surface area contributed by atoms with Crippen molar-refractivity contribution in [1.29, 1.82) is 0 Å². The van der Waals surface area contributed by atoms with Crippen LogP contribution in [0.15, 0.2) is 0 Å². The average Bonchev–Trinajstić information content (AvgIpc) is 1.98. The molecule has 84 valence electrons. The third-order valence-electron chi connectivity index (χ3n) is 1.75. The monoisotopic (exact) mass is 265 g/mol. The predicted molar refractivity (Wildman–Crippen MR) is 61.7 cm³/mol. The number of carbonyl (C=O) groups is 1. The Morgan fingerprint density at radius 3 is 2.21 bits per heavy atom. The summed E-state index contributed by atoms with van der Waals surface area (Å²) in [5, 5.41) is 2.84. The molecule has 14 heavy (non-hydrogen) atoms. The summed E-state index contributed by atoms with van der Waals surface area (Å²) in [5.74, 6) is -0.0229. The Balaban J connectivity index is 4.00. The molecule has 0 radical (unpaired) electrons. The number of amides is 1. The second kappa shape index (κ2) is 5.12. The number of hydrogen-bond acceptors (Lipinski definition) is 2. The van der Waals surface area contributed by atoms with Crippen molar-refractivity contribution in [3.63, 3.8) is 0 Å². The summed E-state index contributed by atoms with van der Waals surface area (Å²) in [6.07, 6.45) is 0. The van der Waals surface area contributed by atoms with Gasteiger partial charge in [-0.05, 0) is 34.6 Å². The molecular formula is C10H20BrNO2. The lowest BCUT2D eigenvalue weighted by Gasteiger charge is -2.26. The maximum atomic E-state index is 11.5. The summed E-state index contributed by atoms with van der Waals surface area (Å²) in [6.45, 7) is 10.7. The van der Waals surface area contributed by atoms with Gasteiger partial charge in [0.05, 0.1) is 9.93 Å². The zero-order valence-corrected chi connectivity index (χ0v) is 11.2. The molecule has 0 heterocycles. The van der Waals surface area contributed by atoms with Crippen LogP contribution >= 0.6 is 15.9 Å². The highest BCUT2D eigenvalue weighted by Crippen LogP contribution is 2.16. The number of hydrogen-bond donors (Lipinski definition) is 1. The topological polar surface area (TPSA) is 38.3 Å². The van der Waals surface area contributed by atoms with Gasteiger partial charge in [-0.2, -0.15) is 0 Å². The van der Waals surface area contributed by atoms with Crippen molar-refractivity contribution < 1.29 is 9.53 Å². The fourth-order valence-electron chi connectivity index (χ4n) is 0.945. The van der Waals surface area contributed by atoms with Gasteiger partial charge in [0.1, 0.15) is 0 Å². The molecule has 0 unspecified atom stereocenters. The van der Waals surface area contributed by atoms with Crippen molar-refractivity contribution in [3.8, 4) is 0 Å². The van der Waals surface area contributed by atoms with Gasteiger partial charge in [0.15, 0.2) is 0 Å². The second-order valence-corrected chi connectivity index (χ2v) is 6.33. The molecule has 0 aromatic rings. The summed E-state index contributed by atoms with van der Waals surface area (Å²) in [7, 11) is 0. The Labute approximate surface area is 94.7 Å². The van der Waals surface area contributed by atoms with E-state index < -0.39 is 4.32 Å². The van der Waals surface area contributed by atoms with E-state index in [1.807, 2.05) is 34.6 Å². The first-order chi connectivity index (χ1) is 6.19. The van der Waals surface area contributed by atoms with E-state index >= 15 is 0 Å². The molecule has 0 bridgehead atoms. The van der Waals surface area contributed by atoms with Crippen LogP contribution in [0.4, 0.5) is 0 Å². The van der Waals surface area contributed by atoms with Gasteiger partial charge in [-0.1, -0.05) is 15.9 Å². The standard InChI is InChI=1S/C10H20BrNO2/c1-6-14-9(2,3)7-12-8(13)10(4,5)11/h6-7H2,1-5H3,(H,12,13). The molecule has 0 aliphatic carbocycles. The maximum absolute atomic E-state index is 11.5. The molecular weight excluding hydrogens is 246 g/mol. The number of rotatable bonds is 5. The van der Waals surface area contributed by atoms with Crippen molar-refractivity contribution in [2.75, 3.05) is 13.2 Å². The number of nitrogens with one attached hydrogen (secondary N) is 1. The molecule has 0 spiro atoms. The SMILES string of the molecule is CCOC(C)(C)CNC(=O)C(C)(C)Br. The molecule has 0 saturated carbocycles. The van der Waals surface area contributed by atoms with Gasteiger partial charge < -0.3 is 10.1 Å². The summed E-state index contributed by atoms with van der Waals surface area (Å²) in [4.78, 5) is 11.5. The highest BCUT2D eigenvalue weighted by atomic mass is 79.9. The lowest BCUT2D eigenvalue weighted by molar-refractivity contribution is -0.124. The van der Waals surface area contributed by atoms with Gasteiger partial charge in [-0.25, -0.2) is 0 Å². The van der Waals surface area contributed by atoms with Crippen LogP contribution < -0.4 is 5.32 Å². The number of ether oxygens (including phenoxy) is 1. The quantitative estimate of drug-likeness (QED) is 0.774. The largest absolute Gasteiger partial charge is 0.374 e. The van der Waals surface area contributed by atoms with Crippen molar-refractivity contribution in [2.45, 2.75) is 44.5 Å². The van der Waals surface area contributed by atoms with Crippen LogP contribution in [0.2, 0.25) is 0 Å². The van der Waals surface area contributed by atoms with E-state index in [9.17, 15) is 4.79 Å². The lowest BCUT2D eigenvalue weighted by atomic mass is 10.1. The molecule has 3 nitrogen and oxygen atoms in total. The Hall–Kier alpha value is -0.0900. The highest BCUT2D eigenvalue weighted by molar-refractivity contribution is 9.10. The van der Waals surface area contributed by atoms with E-state index in [1.165, 1.54) is 0 Å². The second-order valence-electron chi connectivity index (χ2n) is 4.35. The lowest BCUT2D eigenvalue weighted by Crippen LogP contribution is -2.45. The normalized spacial score (nSPS) is 12.7. The van der Waals surface area contributed by atoms with Crippen molar-refractivity contribution in [3.05, 3.63) is 0 Å². The van der Waals surface area contributed by atoms with Gasteiger partial charge in [0, 0.05) is 13.2 Å². The zero-order valence-electron chi connectivity index (χ0n) is 9.61. The van der Waals surface area contributed by atoms with Crippen LogP contribution in [0.3, 0.4) is 0 Å². The first-order valence-corrected chi connectivity index (χ1v) is 5.59. The number of halogens is 1. The van der Waals surface area contributed by atoms with Gasteiger partial charge in [-0.15, -0.1) is 0 Å². The average molecular weight is 266 g/mol.